The monoisotopic (exact) mass is 359 g/mol. The smallest absolute Gasteiger partial charge is 0.134 e. The van der Waals surface area contributed by atoms with E-state index in [-0.39, 0.29) is 5.56 Å². The molecule has 0 spiro atoms. The molecule has 0 fully saturated rings. The summed E-state index contributed by atoms with van der Waals surface area (Å²) >= 11 is 6.08. The van der Waals surface area contributed by atoms with Crippen molar-refractivity contribution in [3.63, 3.8) is 0 Å². The Hall–Kier alpha value is -2.42. The van der Waals surface area contributed by atoms with Crippen molar-refractivity contribution in [2.24, 2.45) is 0 Å². The standard InChI is InChI=1S/C19H16ClF2N3/c20-12-5-6-16-13(11-12)18(19-14(21)3-1-4-15(19)22)17(25-16)7-10-24-9-2-8-23/h1,3-6,11,24-25H,2,7,9-10H2. The van der Waals surface area contributed by atoms with Gasteiger partial charge in [-0.05, 0) is 30.3 Å². The van der Waals surface area contributed by atoms with E-state index in [4.69, 9.17) is 16.9 Å². The van der Waals surface area contributed by atoms with Crippen molar-refractivity contribution in [1.82, 2.24) is 10.3 Å². The average Bonchev–Trinajstić information content (AvgIpc) is 2.92. The summed E-state index contributed by atoms with van der Waals surface area (Å²) in [6.45, 7) is 1.16. The molecule has 128 valence electrons. The summed E-state index contributed by atoms with van der Waals surface area (Å²) in [5, 5.41) is 12.9. The first-order chi connectivity index (χ1) is 12.1. The first-order valence-electron chi connectivity index (χ1n) is 7.94. The van der Waals surface area contributed by atoms with Crippen molar-refractivity contribution in [2.45, 2.75) is 12.8 Å². The lowest BCUT2D eigenvalue weighted by atomic mass is 9.99. The third-order valence-corrected chi connectivity index (χ3v) is 4.25. The summed E-state index contributed by atoms with van der Waals surface area (Å²) in [6, 6.07) is 11.1. The molecule has 0 aliphatic heterocycles. The minimum atomic E-state index is -0.612. The van der Waals surface area contributed by atoms with Gasteiger partial charge in [0.25, 0.3) is 0 Å². The normalized spacial score (nSPS) is 11.0. The van der Waals surface area contributed by atoms with Gasteiger partial charge in [-0.25, -0.2) is 8.78 Å². The molecular formula is C19H16ClF2N3. The maximum Gasteiger partial charge on any atom is 0.134 e. The molecule has 0 aliphatic rings. The van der Waals surface area contributed by atoms with Crippen molar-refractivity contribution >= 4 is 22.5 Å². The molecule has 0 radical (unpaired) electrons. The van der Waals surface area contributed by atoms with Gasteiger partial charge < -0.3 is 10.3 Å². The van der Waals surface area contributed by atoms with Gasteiger partial charge in [-0.2, -0.15) is 5.26 Å². The number of hydrogen-bond acceptors (Lipinski definition) is 2. The first-order valence-corrected chi connectivity index (χ1v) is 8.31. The van der Waals surface area contributed by atoms with Gasteiger partial charge in [0.1, 0.15) is 11.6 Å². The van der Waals surface area contributed by atoms with Crippen LogP contribution in [0.15, 0.2) is 36.4 Å². The SMILES string of the molecule is N#CCCNCCc1[nH]c2ccc(Cl)cc2c1-c1c(F)cccc1F. The summed E-state index contributed by atoms with van der Waals surface area (Å²) < 4.78 is 28.7. The van der Waals surface area contributed by atoms with Crippen molar-refractivity contribution < 1.29 is 8.78 Å². The molecule has 0 bridgehead atoms. The van der Waals surface area contributed by atoms with E-state index in [0.29, 0.717) is 41.9 Å². The van der Waals surface area contributed by atoms with Crippen molar-refractivity contribution in [1.29, 1.82) is 5.26 Å². The minimum Gasteiger partial charge on any atom is -0.358 e. The Morgan fingerprint density at radius 3 is 2.56 bits per heavy atom. The van der Waals surface area contributed by atoms with E-state index >= 15 is 0 Å². The van der Waals surface area contributed by atoms with Crippen LogP contribution >= 0.6 is 11.6 Å². The summed E-state index contributed by atoms with van der Waals surface area (Å²) in [4.78, 5) is 3.24. The quantitative estimate of drug-likeness (QED) is 0.620. The van der Waals surface area contributed by atoms with Gasteiger partial charge in [0, 0.05) is 53.1 Å². The first kappa shape index (κ1) is 17.4. The van der Waals surface area contributed by atoms with Crippen LogP contribution in [0.4, 0.5) is 8.78 Å². The highest BCUT2D eigenvalue weighted by Gasteiger charge is 2.20. The second kappa shape index (κ2) is 7.64. The Kier molecular flexibility index (Phi) is 5.32. The third kappa shape index (κ3) is 3.65. The summed E-state index contributed by atoms with van der Waals surface area (Å²) in [6.07, 6.45) is 0.956. The fourth-order valence-electron chi connectivity index (χ4n) is 2.91. The van der Waals surface area contributed by atoms with E-state index in [0.717, 1.165) is 11.2 Å². The molecule has 0 atom stereocenters. The highest BCUT2D eigenvalue weighted by atomic mass is 35.5. The van der Waals surface area contributed by atoms with Crippen LogP contribution < -0.4 is 5.32 Å². The van der Waals surface area contributed by atoms with Gasteiger partial charge in [0.05, 0.1) is 11.6 Å². The number of hydrogen-bond donors (Lipinski definition) is 2. The molecule has 25 heavy (non-hydrogen) atoms. The second-order valence-corrected chi connectivity index (χ2v) is 6.11. The predicted octanol–water partition coefficient (Wildman–Crippen LogP) is 4.81. The Labute approximate surface area is 149 Å². The molecule has 3 rings (SSSR count). The van der Waals surface area contributed by atoms with Crippen LogP contribution in [-0.2, 0) is 6.42 Å². The number of fused-ring (bicyclic) bond motifs is 1. The number of nitrogens with zero attached hydrogens (tertiary/aromatic N) is 1. The molecule has 2 N–H and O–H groups in total. The lowest BCUT2D eigenvalue weighted by Gasteiger charge is -2.08. The van der Waals surface area contributed by atoms with Gasteiger partial charge in [0.15, 0.2) is 0 Å². The summed E-state index contributed by atoms with van der Waals surface area (Å²) in [5.41, 5.74) is 1.94. The van der Waals surface area contributed by atoms with Gasteiger partial charge in [-0.3, -0.25) is 0 Å². The second-order valence-electron chi connectivity index (χ2n) is 5.67. The van der Waals surface area contributed by atoms with Crippen molar-refractivity contribution in [3.8, 4) is 17.2 Å². The van der Waals surface area contributed by atoms with Crippen LogP contribution in [0.1, 0.15) is 12.1 Å². The van der Waals surface area contributed by atoms with E-state index < -0.39 is 11.6 Å². The van der Waals surface area contributed by atoms with Crippen LogP contribution in [0.3, 0.4) is 0 Å². The van der Waals surface area contributed by atoms with Gasteiger partial charge >= 0.3 is 0 Å². The number of rotatable bonds is 6. The Morgan fingerprint density at radius 2 is 1.84 bits per heavy atom. The Bertz CT molecular complexity index is 923. The number of nitrogens with one attached hydrogen (secondary N) is 2. The topological polar surface area (TPSA) is 51.6 Å². The lowest BCUT2D eigenvalue weighted by Crippen LogP contribution is -2.18. The van der Waals surface area contributed by atoms with Crippen LogP contribution in [0.5, 0.6) is 0 Å². The van der Waals surface area contributed by atoms with Crippen LogP contribution in [0.25, 0.3) is 22.0 Å². The molecule has 0 amide bonds. The van der Waals surface area contributed by atoms with E-state index in [1.165, 1.54) is 18.2 Å². The molecule has 2 aromatic carbocycles. The Morgan fingerprint density at radius 1 is 1.08 bits per heavy atom. The number of halogens is 3. The van der Waals surface area contributed by atoms with Gasteiger partial charge in [-0.1, -0.05) is 17.7 Å². The molecule has 0 aliphatic carbocycles. The fraction of sp³-hybridized carbons (Fsp3) is 0.211. The zero-order valence-corrected chi connectivity index (χ0v) is 14.1. The average molecular weight is 360 g/mol. The Balaban J connectivity index is 2.06. The van der Waals surface area contributed by atoms with Crippen LogP contribution in [0, 0.1) is 23.0 Å². The molecule has 6 heteroatoms. The zero-order valence-electron chi connectivity index (χ0n) is 13.4. The largest absolute Gasteiger partial charge is 0.358 e. The number of H-pyrrole nitrogens is 1. The molecule has 1 heterocycles. The van der Waals surface area contributed by atoms with Crippen LogP contribution in [0.2, 0.25) is 5.02 Å². The van der Waals surface area contributed by atoms with E-state index in [9.17, 15) is 8.78 Å². The third-order valence-electron chi connectivity index (χ3n) is 4.02. The fourth-order valence-corrected chi connectivity index (χ4v) is 3.08. The maximum atomic E-state index is 14.4. The molecule has 0 saturated carbocycles. The minimum absolute atomic E-state index is 0.0527. The van der Waals surface area contributed by atoms with Crippen LogP contribution in [-0.4, -0.2) is 18.1 Å². The number of nitriles is 1. The van der Waals surface area contributed by atoms with E-state index in [1.54, 1.807) is 18.2 Å². The van der Waals surface area contributed by atoms with E-state index in [1.807, 2.05) is 0 Å². The molecule has 3 nitrogen and oxygen atoms in total. The van der Waals surface area contributed by atoms with Gasteiger partial charge in [-0.15, -0.1) is 0 Å². The van der Waals surface area contributed by atoms with Gasteiger partial charge in [0.2, 0.25) is 0 Å². The zero-order chi connectivity index (χ0) is 17.8. The molecule has 0 unspecified atom stereocenters. The summed E-state index contributed by atoms with van der Waals surface area (Å²) in [5.74, 6) is -1.22. The molecular weight excluding hydrogens is 344 g/mol. The lowest BCUT2D eigenvalue weighted by molar-refractivity contribution is 0.589. The van der Waals surface area contributed by atoms with E-state index in [2.05, 4.69) is 16.4 Å². The van der Waals surface area contributed by atoms with Crippen molar-refractivity contribution in [3.05, 3.63) is 58.7 Å². The molecule has 3 aromatic rings. The number of aromatic amines is 1. The molecule has 0 saturated heterocycles. The highest BCUT2D eigenvalue weighted by Crippen LogP contribution is 2.37. The number of aromatic nitrogens is 1. The van der Waals surface area contributed by atoms with Crippen molar-refractivity contribution in [2.75, 3.05) is 13.1 Å². The molecule has 1 aromatic heterocycles. The highest BCUT2D eigenvalue weighted by molar-refractivity contribution is 6.31. The summed E-state index contributed by atoms with van der Waals surface area (Å²) in [7, 11) is 0. The maximum absolute atomic E-state index is 14.4. The number of benzene rings is 2. The predicted molar refractivity (Wildman–Crippen MR) is 95.5 cm³/mol.